The minimum Gasteiger partial charge on any atom is -0.481 e. The first-order valence-corrected chi connectivity index (χ1v) is 5.88. The Morgan fingerprint density at radius 3 is 2.83 bits per heavy atom. The summed E-state index contributed by atoms with van der Waals surface area (Å²) in [5, 5.41) is 13.2. The van der Waals surface area contributed by atoms with E-state index >= 15 is 0 Å². The van der Waals surface area contributed by atoms with E-state index < -0.39 is 11.4 Å². The molecule has 1 aromatic heterocycles. The Morgan fingerprint density at radius 1 is 1.33 bits per heavy atom. The van der Waals surface area contributed by atoms with Gasteiger partial charge in [-0.1, -0.05) is 12.1 Å². The van der Waals surface area contributed by atoms with Crippen LogP contribution in [0.2, 0.25) is 0 Å². The number of fused-ring (bicyclic) bond motifs is 1. The molecule has 1 aliphatic rings. The molecule has 5 heteroatoms. The molecule has 0 bridgehead atoms. The summed E-state index contributed by atoms with van der Waals surface area (Å²) in [7, 11) is 0. The third-order valence-corrected chi connectivity index (χ3v) is 3.44. The number of rotatable bonds is 4. The van der Waals surface area contributed by atoms with Crippen molar-refractivity contribution in [3.8, 4) is 0 Å². The summed E-state index contributed by atoms with van der Waals surface area (Å²) < 4.78 is 0. The fourth-order valence-corrected chi connectivity index (χ4v) is 2.02. The number of nitrogens with zero attached hydrogens (tertiary/aromatic N) is 2. The predicted molar refractivity (Wildman–Crippen MR) is 67.3 cm³/mol. The van der Waals surface area contributed by atoms with E-state index in [4.69, 9.17) is 5.11 Å². The molecule has 0 amide bonds. The van der Waals surface area contributed by atoms with Crippen molar-refractivity contribution in [3.63, 3.8) is 0 Å². The number of anilines is 1. The number of carboxylic acids is 1. The molecule has 1 aliphatic carbocycles. The molecule has 0 saturated heterocycles. The fourth-order valence-electron chi connectivity index (χ4n) is 2.02. The molecule has 1 saturated carbocycles. The van der Waals surface area contributed by atoms with E-state index in [0.29, 0.717) is 12.4 Å². The Morgan fingerprint density at radius 2 is 2.11 bits per heavy atom. The molecule has 5 nitrogen and oxygen atoms in total. The summed E-state index contributed by atoms with van der Waals surface area (Å²) in [5.41, 5.74) is 0.265. The zero-order valence-electron chi connectivity index (χ0n) is 9.76. The van der Waals surface area contributed by atoms with Gasteiger partial charge in [0.2, 0.25) is 0 Å². The zero-order chi connectivity index (χ0) is 12.6. The van der Waals surface area contributed by atoms with Crippen LogP contribution in [0.5, 0.6) is 0 Å². The minimum atomic E-state index is -0.728. The SMILES string of the molecule is O=C(O)C1(CNc2ncnc3ccccc23)CC1. The standard InChI is InChI=1S/C13H13N3O2/c17-12(18)13(5-6-13)7-14-11-9-3-1-2-4-10(9)15-8-16-11/h1-4,8H,5-7H2,(H,17,18)(H,14,15,16). The molecule has 0 aliphatic heterocycles. The van der Waals surface area contributed by atoms with Gasteiger partial charge in [-0.25, -0.2) is 9.97 Å². The van der Waals surface area contributed by atoms with Crippen molar-refractivity contribution < 1.29 is 9.90 Å². The highest BCUT2D eigenvalue weighted by Crippen LogP contribution is 2.45. The van der Waals surface area contributed by atoms with Gasteiger partial charge in [0, 0.05) is 11.9 Å². The summed E-state index contributed by atoms with van der Waals surface area (Å²) in [4.78, 5) is 19.4. The lowest BCUT2D eigenvalue weighted by atomic mass is 10.1. The Balaban J connectivity index is 1.85. The number of aliphatic carboxylic acids is 1. The average Bonchev–Trinajstić information content (AvgIpc) is 3.17. The van der Waals surface area contributed by atoms with Crippen LogP contribution in [0.1, 0.15) is 12.8 Å². The Labute approximate surface area is 104 Å². The lowest BCUT2D eigenvalue weighted by molar-refractivity contribution is -0.142. The summed E-state index contributed by atoms with van der Waals surface area (Å²) >= 11 is 0. The van der Waals surface area contributed by atoms with Crippen molar-refractivity contribution in [2.24, 2.45) is 5.41 Å². The molecule has 1 aromatic carbocycles. The van der Waals surface area contributed by atoms with Crippen LogP contribution in [-0.2, 0) is 4.79 Å². The van der Waals surface area contributed by atoms with Crippen LogP contribution in [-0.4, -0.2) is 27.6 Å². The highest BCUT2D eigenvalue weighted by molar-refractivity contribution is 5.89. The summed E-state index contributed by atoms with van der Waals surface area (Å²) in [6.07, 6.45) is 2.96. The topological polar surface area (TPSA) is 75.1 Å². The molecular formula is C13H13N3O2. The summed E-state index contributed by atoms with van der Waals surface area (Å²) in [6.45, 7) is 0.420. The van der Waals surface area contributed by atoms with Crippen LogP contribution in [0, 0.1) is 5.41 Å². The fraction of sp³-hybridized carbons (Fsp3) is 0.308. The highest BCUT2D eigenvalue weighted by atomic mass is 16.4. The number of benzene rings is 1. The molecular weight excluding hydrogens is 230 g/mol. The number of hydrogen-bond donors (Lipinski definition) is 2. The van der Waals surface area contributed by atoms with E-state index in [1.807, 2.05) is 24.3 Å². The molecule has 0 spiro atoms. The van der Waals surface area contributed by atoms with E-state index in [0.717, 1.165) is 23.7 Å². The zero-order valence-corrected chi connectivity index (χ0v) is 9.76. The molecule has 2 N–H and O–H groups in total. The predicted octanol–water partition coefficient (Wildman–Crippen LogP) is 1.91. The first-order chi connectivity index (χ1) is 8.71. The third-order valence-electron chi connectivity index (χ3n) is 3.44. The molecule has 2 aromatic rings. The molecule has 92 valence electrons. The van der Waals surface area contributed by atoms with Crippen LogP contribution in [0.15, 0.2) is 30.6 Å². The van der Waals surface area contributed by atoms with Crippen molar-refractivity contribution >= 4 is 22.7 Å². The Bertz CT molecular complexity index is 603. The summed E-state index contributed by atoms with van der Waals surface area (Å²) in [5.74, 6) is -0.0264. The van der Waals surface area contributed by atoms with Gasteiger partial charge in [-0.05, 0) is 25.0 Å². The van der Waals surface area contributed by atoms with E-state index in [-0.39, 0.29) is 0 Å². The monoisotopic (exact) mass is 243 g/mol. The van der Waals surface area contributed by atoms with Gasteiger partial charge in [0.15, 0.2) is 0 Å². The Hall–Kier alpha value is -2.17. The second-order valence-electron chi connectivity index (χ2n) is 4.68. The first kappa shape index (κ1) is 11.0. The van der Waals surface area contributed by atoms with Crippen LogP contribution in [0.4, 0.5) is 5.82 Å². The summed E-state index contributed by atoms with van der Waals surface area (Å²) in [6, 6.07) is 7.67. The highest BCUT2D eigenvalue weighted by Gasteiger charge is 2.50. The number of para-hydroxylation sites is 1. The van der Waals surface area contributed by atoms with E-state index in [9.17, 15) is 4.79 Å². The van der Waals surface area contributed by atoms with Gasteiger partial charge < -0.3 is 10.4 Å². The lowest BCUT2D eigenvalue weighted by Gasteiger charge is -2.12. The van der Waals surface area contributed by atoms with Gasteiger partial charge >= 0.3 is 5.97 Å². The van der Waals surface area contributed by atoms with Crippen molar-refractivity contribution in [3.05, 3.63) is 30.6 Å². The van der Waals surface area contributed by atoms with Crippen molar-refractivity contribution in [1.82, 2.24) is 9.97 Å². The maximum absolute atomic E-state index is 11.1. The van der Waals surface area contributed by atoms with Gasteiger partial charge in [-0.3, -0.25) is 4.79 Å². The number of hydrogen-bond acceptors (Lipinski definition) is 4. The molecule has 1 heterocycles. The van der Waals surface area contributed by atoms with E-state index in [1.54, 1.807) is 0 Å². The number of nitrogens with one attached hydrogen (secondary N) is 1. The number of aromatic nitrogens is 2. The second-order valence-corrected chi connectivity index (χ2v) is 4.68. The van der Waals surface area contributed by atoms with Gasteiger partial charge in [0.1, 0.15) is 12.1 Å². The maximum Gasteiger partial charge on any atom is 0.311 e. The molecule has 1 fully saturated rings. The molecule has 18 heavy (non-hydrogen) atoms. The van der Waals surface area contributed by atoms with E-state index in [1.165, 1.54) is 6.33 Å². The smallest absolute Gasteiger partial charge is 0.311 e. The second kappa shape index (κ2) is 3.94. The van der Waals surface area contributed by atoms with Gasteiger partial charge in [0.05, 0.1) is 10.9 Å². The molecule has 0 atom stereocenters. The van der Waals surface area contributed by atoms with Crippen molar-refractivity contribution in [1.29, 1.82) is 0 Å². The first-order valence-electron chi connectivity index (χ1n) is 5.88. The van der Waals surface area contributed by atoms with Gasteiger partial charge in [-0.2, -0.15) is 0 Å². The quantitative estimate of drug-likeness (QED) is 0.857. The third kappa shape index (κ3) is 1.77. The van der Waals surface area contributed by atoms with Crippen LogP contribution in [0.25, 0.3) is 10.9 Å². The molecule has 3 rings (SSSR count). The van der Waals surface area contributed by atoms with Crippen molar-refractivity contribution in [2.75, 3.05) is 11.9 Å². The molecule has 0 unspecified atom stereocenters. The lowest BCUT2D eigenvalue weighted by Crippen LogP contribution is -2.24. The minimum absolute atomic E-state index is 0.420. The van der Waals surface area contributed by atoms with Gasteiger partial charge in [-0.15, -0.1) is 0 Å². The van der Waals surface area contributed by atoms with Crippen molar-refractivity contribution in [2.45, 2.75) is 12.8 Å². The normalized spacial score (nSPS) is 16.4. The van der Waals surface area contributed by atoms with Gasteiger partial charge in [0.25, 0.3) is 0 Å². The Kier molecular flexibility index (Phi) is 2.40. The van der Waals surface area contributed by atoms with Crippen LogP contribution < -0.4 is 5.32 Å². The molecule has 0 radical (unpaired) electrons. The largest absolute Gasteiger partial charge is 0.481 e. The number of carboxylic acid groups (broad SMARTS) is 1. The average molecular weight is 243 g/mol. The maximum atomic E-state index is 11.1. The van der Waals surface area contributed by atoms with E-state index in [2.05, 4.69) is 15.3 Å². The number of carbonyl (C=O) groups is 1. The van der Waals surface area contributed by atoms with Crippen LogP contribution in [0.3, 0.4) is 0 Å². The van der Waals surface area contributed by atoms with Crippen LogP contribution >= 0.6 is 0 Å².